The smallest absolute Gasteiger partial charge is 0.321 e. The summed E-state index contributed by atoms with van der Waals surface area (Å²) in [6.45, 7) is 3.81. The fourth-order valence-corrected chi connectivity index (χ4v) is 4.14. The van der Waals surface area contributed by atoms with Gasteiger partial charge in [0, 0.05) is 17.8 Å². The zero-order valence-corrected chi connectivity index (χ0v) is 22.2. The molecule has 204 valence electrons. The average molecular weight is 559 g/mol. The van der Waals surface area contributed by atoms with Gasteiger partial charge in [0.1, 0.15) is 23.8 Å². The van der Waals surface area contributed by atoms with E-state index in [2.05, 4.69) is 16.7 Å². The Morgan fingerprint density at radius 2 is 1.74 bits per heavy atom. The molecule has 0 bridgehead atoms. The SMILES string of the molecule is C=CCOc1c(CN(C(=O)Cl)c2c(F)c(OC)cc(OC)c2F)cnc2c1cnn2Cc1ccc(OC)cc1. The third kappa shape index (κ3) is 5.58. The molecule has 0 saturated carbocycles. The number of carbonyl (C=O) groups excluding carboxylic acids is 1. The molecule has 4 aromatic rings. The number of carbonyl (C=O) groups is 1. The summed E-state index contributed by atoms with van der Waals surface area (Å²) in [6.07, 6.45) is 4.54. The summed E-state index contributed by atoms with van der Waals surface area (Å²) in [5.41, 5.74) is 1.04. The number of hydrogen-bond acceptors (Lipinski definition) is 7. The van der Waals surface area contributed by atoms with Crippen LogP contribution >= 0.6 is 11.6 Å². The Labute approximate surface area is 228 Å². The average Bonchev–Trinajstić information content (AvgIpc) is 3.34. The number of rotatable bonds is 11. The molecule has 0 fully saturated rings. The lowest BCUT2D eigenvalue weighted by Crippen LogP contribution is -2.28. The highest BCUT2D eigenvalue weighted by Gasteiger charge is 2.29. The van der Waals surface area contributed by atoms with Gasteiger partial charge < -0.3 is 18.9 Å². The van der Waals surface area contributed by atoms with E-state index in [1.54, 1.807) is 18.0 Å². The number of ether oxygens (including phenoxy) is 4. The first-order chi connectivity index (χ1) is 18.8. The summed E-state index contributed by atoms with van der Waals surface area (Å²) in [7, 11) is 4.00. The Kier molecular flexibility index (Phi) is 8.50. The van der Waals surface area contributed by atoms with Crippen molar-refractivity contribution in [3.8, 4) is 23.0 Å². The molecule has 9 nitrogen and oxygen atoms in total. The summed E-state index contributed by atoms with van der Waals surface area (Å²) in [4.78, 5) is 17.7. The molecule has 2 aromatic carbocycles. The number of hydrogen-bond donors (Lipinski definition) is 0. The Morgan fingerprint density at radius 3 is 2.31 bits per heavy atom. The molecular weight excluding hydrogens is 534 g/mol. The fourth-order valence-electron chi connectivity index (χ4n) is 4.00. The van der Waals surface area contributed by atoms with Gasteiger partial charge >= 0.3 is 5.37 Å². The predicted octanol–water partition coefficient (Wildman–Crippen LogP) is 5.71. The summed E-state index contributed by atoms with van der Waals surface area (Å²) < 4.78 is 53.2. The van der Waals surface area contributed by atoms with Gasteiger partial charge in [0.2, 0.25) is 0 Å². The van der Waals surface area contributed by atoms with E-state index in [9.17, 15) is 4.79 Å². The normalized spacial score (nSPS) is 10.8. The van der Waals surface area contributed by atoms with E-state index in [-0.39, 0.29) is 24.7 Å². The molecule has 12 heteroatoms. The molecule has 0 spiro atoms. The standard InChI is InChI=1S/C27H25ClF2N4O5/c1-5-10-39-25-17(15-33(27(28)35)24-22(29)20(37-3)11-21(38-4)23(24)30)12-31-26-19(25)13-32-34(26)14-16-6-8-18(36-2)9-7-16/h5-9,11-13H,1,10,14-15H2,2-4H3. The molecule has 0 N–H and O–H groups in total. The highest BCUT2D eigenvalue weighted by Crippen LogP contribution is 2.39. The van der Waals surface area contributed by atoms with E-state index in [4.69, 9.17) is 30.5 Å². The summed E-state index contributed by atoms with van der Waals surface area (Å²) in [5, 5.41) is 3.82. The van der Waals surface area contributed by atoms with Crippen molar-refractivity contribution < 1.29 is 32.5 Å². The molecule has 4 rings (SSSR count). The monoisotopic (exact) mass is 558 g/mol. The van der Waals surface area contributed by atoms with Crippen molar-refractivity contribution >= 4 is 33.7 Å². The van der Waals surface area contributed by atoms with Crippen molar-refractivity contribution in [2.45, 2.75) is 13.1 Å². The van der Waals surface area contributed by atoms with Crippen LogP contribution in [0.1, 0.15) is 11.1 Å². The van der Waals surface area contributed by atoms with Crippen LogP contribution in [-0.4, -0.2) is 48.1 Å². The number of benzene rings is 2. The molecule has 0 atom stereocenters. The maximum Gasteiger partial charge on any atom is 0.321 e. The van der Waals surface area contributed by atoms with Crippen molar-refractivity contribution in [3.63, 3.8) is 0 Å². The number of nitrogens with zero attached hydrogens (tertiary/aromatic N) is 4. The van der Waals surface area contributed by atoms with Gasteiger partial charge in [-0.2, -0.15) is 5.10 Å². The van der Waals surface area contributed by atoms with Gasteiger partial charge in [-0.15, -0.1) is 0 Å². The van der Waals surface area contributed by atoms with E-state index in [1.165, 1.54) is 26.5 Å². The number of halogens is 3. The van der Waals surface area contributed by atoms with Crippen LogP contribution in [0.3, 0.4) is 0 Å². The molecule has 39 heavy (non-hydrogen) atoms. The Hall–Kier alpha value is -4.38. The van der Waals surface area contributed by atoms with E-state index in [1.807, 2.05) is 24.3 Å². The first-order valence-corrected chi connectivity index (χ1v) is 12.0. The van der Waals surface area contributed by atoms with Crippen molar-refractivity contribution in [3.05, 3.63) is 78.1 Å². The minimum Gasteiger partial charge on any atom is -0.497 e. The summed E-state index contributed by atoms with van der Waals surface area (Å²) in [6, 6.07) is 8.54. The number of anilines is 1. The molecule has 0 saturated heterocycles. The van der Waals surface area contributed by atoms with Crippen LogP contribution in [0.25, 0.3) is 11.0 Å². The van der Waals surface area contributed by atoms with Gasteiger partial charge in [0.15, 0.2) is 28.8 Å². The first-order valence-electron chi connectivity index (χ1n) is 11.6. The van der Waals surface area contributed by atoms with E-state index >= 15 is 8.78 Å². The molecule has 2 aromatic heterocycles. The van der Waals surface area contributed by atoms with Gasteiger partial charge in [-0.1, -0.05) is 24.8 Å². The molecule has 2 heterocycles. The molecule has 0 radical (unpaired) electrons. The third-order valence-electron chi connectivity index (χ3n) is 5.89. The Bertz CT molecular complexity index is 1480. The molecule has 0 aliphatic heterocycles. The number of pyridine rings is 1. The van der Waals surface area contributed by atoms with Crippen LogP contribution in [0.2, 0.25) is 0 Å². The van der Waals surface area contributed by atoms with Gasteiger partial charge in [-0.05, 0) is 29.3 Å². The van der Waals surface area contributed by atoms with E-state index < -0.39 is 22.7 Å². The van der Waals surface area contributed by atoms with Gasteiger partial charge in [-0.3, -0.25) is 9.69 Å². The van der Waals surface area contributed by atoms with Crippen LogP contribution in [0.15, 0.2) is 55.4 Å². The van der Waals surface area contributed by atoms with Crippen LogP contribution in [0.5, 0.6) is 23.0 Å². The number of fused-ring (bicyclic) bond motifs is 1. The second-order valence-electron chi connectivity index (χ2n) is 8.20. The number of aromatic nitrogens is 3. The highest BCUT2D eigenvalue weighted by atomic mass is 35.5. The summed E-state index contributed by atoms with van der Waals surface area (Å²) >= 11 is 5.82. The Morgan fingerprint density at radius 1 is 1.08 bits per heavy atom. The second-order valence-corrected chi connectivity index (χ2v) is 8.52. The molecule has 0 aliphatic rings. The zero-order valence-electron chi connectivity index (χ0n) is 21.4. The molecule has 1 amide bonds. The molecule has 0 unspecified atom stereocenters. The molecule has 0 aliphatic carbocycles. The van der Waals surface area contributed by atoms with Crippen LogP contribution < -0.4 is 23.8 Å². The maximum absolute atomic E-state index is 15.2. The van der Waals surface area contributed by atoms with Crippen molar-refractivity contribution in [2.24, 2.45) is 0 Å². The fraction of sp³-hybridized carbons (Fsp3) is 0.222. The molecular formula is C27H25ClF2N4O5. The van der Waals surface area contributed by atoms with Crippen molar-refractivity contribution in [2.75, 3.05) is 32.8 Å². The minimum atomic E-state index is -1.15. The largest absolute Gasteiger partial charge is 0.497 e. The third-order valence-corrected chi connectivity index (χ3v) is 6.09. The first kappa shape index (κ1) is 27.6. The van der Waals surface area contributed by atoms with E-state index in [0.717, 1.165) is 17.4 Å². The van der Waals surface area contributed by atoms with E-state index in [0.29, 0.717) is 33.8 Å². The number of amides is 1. The topological polar surface area (TPSA) is 87.9 Å². The minimum absolute atomic E-state index is 0.111. The van der Waals surface area contributed by atoms with Gasteiger partial charge in [0.25, 0.3) is 0 Å². The lowest BCUT2D eigenvalue weighted by atomic mass is 10.1. The van der Waals surface area contributed by atoms with Crippen LogP contribution in [0.4, 0.5) is 19.3 Å². The lowest BCUT2D eigenvalue weighted by molar-refractivity contribution is 0.263. The zero-order chi connectivity index (χ0) is 28.1. The van der Waals surface area contributed by atoms with Crippen molar-refractivity contribution in [1.29, 1.82) is 0 Å². The highest BCUT2D eigenvalue weighted by molar-refractivity contribution is 6.66. The quantitative estimate of drug-likeness (QED) is 0.132. The van der Waals surface area contributed by atoms with Gasteiger partial charge in [-0.25, -0.2) is 18.4 Å². The van der Waals surface area contributed by atoms with Crippen LogP contribution in [0, 0.1) is 11.6 Å². The van der Waals surface area contributed by atoms with Gasteiger partial charge in [0.05, 0.1) is 46.0 Å². The Balaban J connectivity index is 1.78. The second kappa shape index (κ2) is 12.0. The summed E-state index contributed by atoms with van der Waals surface area (Å²) in [5.74, 6) is -1.88. The maximum atomic E-state index is 15.2. The van der Waals surface area contributed by atoms with Crippen LogP contribution in [-0.2, 0) is 13.1 Å². The predicted molar refractivity (Wildman–Crippen MR) is 142 cm³/mol. The van der Waals surface area contributed by atoms with Crippen molar-refractivity contribution in [1.82, 2.24) is 14.8 Å². The number of methoxy groups -OCH3 is 3. The lowest BCUT2D eigenvalue weighted by Gasteiger charge is -2.24.